The lowest BCUT2D eigenvalue weighted by Gasteiger charge is -2.28. The Hall–Kier alpha value is -0.500. The molecule has 0 heterocycles. The maximum absolute atomic E-state index is 3.70. The molecule has 1 N–H and O–H groups in total. The fourth-order valence-corrected chi connectivity index (χ4v) is 3.06. The van der Waals surface area contributed by atoms with E-state index < -0.39 is 0 Å². The molecule has 1 aromatic rings. The largest absolute Gasteiger partial charge is 0.382 e. The van der Waals surface area contributed by atoms with Gasteiger partial charge in [-0.05, 0) is 55.9 Å². The molecule has 1 fully saturated rings. The molecule has 94 valence electrons. The zero-order valence-electron chi connectivity index (χ0n) is 11.0. The van der Waals surface area contributed by atoms with E-state index in [1.165, 1.54) is 47.0 Å². The summed E-state index contributed by atoms with van der Waals surface area (Å²) in [5.74, 6) is 0.874. The number of anilines is 1. The van der Waals surface area contributed by atoms with E-state index in [9.17, 15) is 0 Å². The molecule has 1 saturated carbocycles. The summed E-state index contributed by atoms with van der Waals surface area (Å²) >= 11 is 3.62. The minimum absolute atomic E-state index is 0.665. The molecule has 1 aliphatic rings. The van der Waals surface area contributed by atoms with Gasteiger partial charge in [-0.25, -0.2) is 0 Å². The Morgan fingerprint density at radius 1 is 1.18 bits per heavy atom. The number of hydrogen-bond acceptors (Lipinski definition) is 1. The van der Waals surface area contributed by atoms with Gasteiger partial charge in [-0.2, -0.15) is 0 Å². The standard InChI is InChI=1S/C15H22BrN/c1-10-5-4-6-13(7-10)17-14-8-11(2)15(16)12(3)9-14/h8-10,13,17H,4-7H2,1-3H3. The molecule has 17 heavy (non-hydrogen) atoms. The molecular weight excluding hydrogens is 274 g/mol. The van der Waals surface area contributed by atoms with Crippen LogP contribution in [0.5, 0.6) is 0 Å². The van der Waals surface area contributed by atoms with Gasteiger partial charge in [0.1, 0.15) is 0 Å². The van der Waals surface area contributed by atoms with E-state index in [1.54, 1.807) is 0 Å². The Kier molecular flexibility index (Phi) is 4.13. The van der Waals surface area contributed by atoms with Crippen molar-refractivity contribution in [1.82, 2.24) is 0 Å². The van der Waals surface area contributed by atoms with Crippen LogP contribution in [0.15, 0.2) is 16.6 Å². The highest BCUT2D eigenvalue weighted by molar-refractivity contribution is 9.10. The summed E-state index contributed by atoms with van der Waals surface area (Å²) in [7, 11) is 0. The molecular formula is C15H22BrN. The van der Waals surface area contributed by atoms with Gasteiger partial charge in [0.2, 0.25) is 0 Å². The number of aryl methyl sites for hydroxylation is 2. The van der Waals surface area contributed by atoms with E-state index in [-0.39, 0.29) is 0 Å². The summed E-state index contributed by atoms with van der Waals surface area (Å²) in [6.45, 7) is 6.68. The van der Waals surface area contributed by atoms with Gasteiger partial charge < -0.3 is 5.32 Å². The monoisotopic (exact) mass is 295 g/mol. The van der Waals surface area contributed by atoms with Crippen molar-refractivity contribution in [3.8, 4) is 0 Å². The number of hydrogen-bond donors (Lipinski definition) is 1. The topological polar surface area (TPSA) is 12.0 Å². The normalized spacial score (nSPS) is 24.7. The predicted molar refractivity (Wildman–Crippen MR) is 78.7 cm³/mol. The molecule has 1 aliphatic carbocycles. The quantitative estimate of drug-likeness (QED) is 0.804. The molecule has 2 atom stereocenters. The fraction of sp³-hybridized carbons (Fsp3) is 0.600. The Balaban J connectivity index is 2.08. The van der Waals surface area contributed by atoms with E-state index in [0.717, 1.165) is 5.92 Å². The van der Waals surface area contributed by atoms with Crippen molar-refractivity contribution in [2.24, 2.45) is 5.92 Å². The van der Waals surface area contributed by atoms with Crippen molar-refractivity contribution in [3.05, 3.63) is 27.7 Å². The first kappa shape index (κ1) is 12.9. The SMILES string of the molecule is Cc1cc(NC2CCCC(C)C2)cc(C)c1Br. The molecule has 1 aromatic carbocycles. The van der Waals surface area contributed by atoms with Crippen LogP contribution in [0.1, 0.15) is 43.7 Å². The lowest BCUT2D eigenvalue weighted by Crippen LogP contribution is -2.26. The Labute approximate surface area is 113 Å². The van der Waals surface area contributed by atoms with Crippen LogP contribution in [-0.4, -0.2) is 6.04 Å². The zero-order valence-corrected chi connectivity index (χ0v) is 12.6. The highest BCUT2D eigenvalue weighted by Gasteiger charge is 2.18. The lowest BCUT2D eigenvalue weighted by atomic mass is 9.87. The van der Waals surface area contributed by atoms with Crippen LogP contribution in [0.2, 0.25) is 0 Å². The van der Waals surface area contributed by atoms with Crippen molar-refractivity contribution in [2.45, 2.75) is 52.5 Å². The van der Waals surface area contributed by atoms with Crippen molar-refractivity contribution >= 4 is 21.6 Å². The van der Waals surface area contributed by atoms with Gasteiger partial charge >= 0.3 is 0 Å². The summed E-state index contributed by atoms with van der Waals surface area (Å²) in [4.78, 5) is 0. The van der Waals surface area contributed by atoms with Gasteiger partial charge in [-0.3, -0.25) is 0 Å². The molecule has 0 spiro atoms. The maximum atomic E-state index is 3.70. The smallest absolute Gasteiger partial charge is 0.0348 e. The average Bonchev–Trinajstić information content (AvgIpc) is 2.26. The molecule has 0 amide bonds. The first-order valence-electron chi connectivity index (χ1n) is 6.59. The second-order valence-corrected chi connectivity index (χ2v) is 6.33. The summed E-state index contributed by atoms with van der Waals surface area (Å²) in [6.07, 6.45) is 5.40. The molecule has 0 radical (unpaired) electrons. The number of rotatable bonds is 2. The van der Waals surface area contributed by atoms with Crippen LogP contribution >= 0.6 is 15.9 Å². The zero-order chi connectivity index (χ0) is 12.4. The van der Waals surface area contributed by atoms with Crippen molar-refractivity contribution in [3.63, 3.8) is 0 Å². The predicted octanol–water partition coefficient (Wildman–Crippen LogP) is 5.06. The number of nitrogens with one attached hydrogen (secondary N) is 1. The molecule has 2 heteroatoms. The third kappa shape index (κ3) is 3.25. The van der Waals surface area contributed by atoms with Gasteiger partial charge in [-0.1, -0.05) is 35.7 Å². The summed E-state index contributed by atoms with van der Waals surface area (Å²) < 4.78 is 1.24. The van der Waals surface area contributed by atoms with Gasteiger partial charge in [0.25, 0.3) is 0 Å². The van der Waals surface area contributed by atoms with E-state index in [1.807, 2.05) is 0 Å². The minimum atomic E-state index is 0.665. The molecule has 2 rings (SSSR count). The van der Waals surface area contributed by atoms with Crippen molar-refractivity contribution < 1.29 is 0 Å². The van der Waals surface area contributed by atoms with Gasteiger partial charge in [-0.15, -0.1) is 0 Å². The molecule has 0 aliphatic heterocycles. The Bertz CT molecular complexity index is 377. The van der Waals surface area contributed by atoms with Gasteiger partial charge in [0.15, 0.2) is 0 Å². The first-order valence-corrected chi connectivity index (χ1v) is 7.39. The third-order valence-corrected chi connectivity index (χ3v) is 4.99. The van der Waals surface area contributed by atoms with Crippen LogP contribution in [0, 0.1) is 19.8 Å². The van der Waals surface area contributed by atoms with Crippen molar-refractivity contribution in [2.75, 3.05) is 5.32 Å². The molecule has 2 unspecified atom stereocenters. The molecule has 1 nitrogen and oxygen atoms in total. The van der Waals surface area contributed by atoms with Gasteiger partial charge in [0, 0.05) is 16.2 Å². The van der Waals surface area contributed by atoms with Crippen LogP contribution < -0.4 is 5.32 Å². The second-order valence-electron chi connectivity index (χ2n) is 5.54. The van der Waals surface area contributed by atoms with Gasteiger partial charge in [0.05, 0.1) is 0 Å². The second kappa shape index (κ2) is 5.43. The highest BCUT2D eigenvalue weighted by Crippen LogP contribution is 2.29. The molecule has 0 aromatic heterocycles. The summed E-state index contributed by atoms with van der Waals surface area (Å²) in [6, 6.07) is 5.16. The van der Waals surface area contributed by atoms with E-state index in [0.29, 0.717) is 6.04 Å². The molecule has 0 saturated heterocycles. The third-order valence-electron chi connectivity index (χ3n) is 3.74. The average molecular weight is 296 g/mol. The van der Waals surface area contributed by atoms with Crippen molar-refractivity contribution in [1.29, 1.82) is 0 Å². The minimum Gasteiger partial charge on any atom is -0.382 e. The highest BCUT2D eigenvalue weighted by atomic mass is 79.9. The molecule has 0 bridgehead atoms. The number of benzene rings is 1. The summed E-state index contributed by atoms with van der Waals surface area (Å²) in [5.41, 5.74) is 3.91. The van der Waals surface area contributed by atoms with E-state index in [2.05, 4.69) is 54.2 Å². The lowest BCUT2D eigenvalue weighted by molar-refractivity contribution is 0.358. The van der Waals surface area contributed by atoms with Crippen LogP contribution in [0.3, 0.4) is 0 Å². The van der Waals surface area contributed by atoms with Crippen LogP contribution in [-0.2, 0) is 0 Å². The fourth-order valence-electron chi connectivity index (χ4n) is 2.83. The van der Waals surface area contributed by atoms with Crippen LogP contribution in [0.25, 0.3) is 0 Å². The Morgan fingerprint density at radius 3 is 2.41 bits per heavy atom. The van der Waals surface area contributed by atoms with E-state index >= 15 is 0 Å². The number of halogens is 1. The summed E-state index contributed by atoms with van der Waals surface area (Å²) in [5, 5.41) is 3.70. The maximum Gasteiger partial charge on any atom is 0.0348 e. The first-order chi connectivity index (χ1) is 8.06. The van der Waals surface area contributed by atoms with E-state index in [4.69, 9.17) is 0 Å². The van der Waals surface area contributed by atoms with Crippen LogP contribution in [0.4, 0.5) is 5.69 Å². The Morgan fingerprint density at radius 2 is 1.82 bits per heavy atom.